The van der Waals surface area contributed by atoms with Crippen LogP contribution in [0.1, 0.15) is 23.6 Å². The molecule has 0 radical (unpaired) electrons. The molecule has 0 bridgehead atoms. The molecule has 1 saturated heterocycles. The zero-order valence-corrected chi connectivity index (χ0v) is 21.1. The second kappa shape index (κ2) is 10.0. The molecule has 10 nitrogen and oxygen atoms in total. The molecule has 3 rings (SSSR count). The topological polar surface area (TPSA) is 133 Å². The number of nitrogens with zero attached hydrogens (tertiary/aromatic N) is 2. The number of rotatable bonds is 7. The van der Waals surface area contributed by atoms with Crippen molar-refractivity contribution < 1.29 is 31.6 Å². The Morgan fingerprint density at radius 3 is 2.26 bits per heavy atom. The van der Waals surface area contributed by atoms with Gasteiger partial charge in [-0.25, -0.2) is 22.3 Å². The van der Waals surface area contributed by atoms with E-state index in [9.17, 15) is 21.6 Å². The van der Waals surface area contributed by atoms with Crippen LogP contribution in [0.4, 0.5) is 0 Å². The highest BCUT2D eigenvalue weighted by Gasteiger charge is 2.47. The van der Waals surface area contributed by atoms with E-state index in [-0.39, 0.29) is 18.0 Å². The number of carbonyl (C=O) groups is 1. The van der Waals surface area contributed by atoms with Gasteiger partial charge in [-0.1, -0.05) is 23.8 Å². The van der Waals surface area contributed by atoms with Gasteiger partial charge in [0.2, 0.25) is 20.0 Å². The number of ether oxygens (including phenoxy) is 1. The van der Waals surface area contributed by atoms with E-state index >= 15 is 0 Å². The van der Waals surface area contributed by atoms with E-state index in [0.717, 1.165) is 31.6 Å². The molecule has 186 valence electrons. The number of sulfonamides is 2. The van der Waals surface area contributed by atoms with Gasteiger partial charge >= 0.3 is 0 Å². The van der Waals surface area contributed by atoms with Gasteiger partial charge in [0.15, 0.2) is 0 Å². The maximum atomic E-state index is 13.3. The van der Waals surface area contributed by atoms with Crippen LogP contribution in [-0.2, 0) is 31.4 Å². The van der Waals surface area contributed by atoms with Crippen molar-refractivity contribution in [2.75, 3.05) is 19.3 Å². The van der Waals surface area contributed by atoms with E-state index in [0.29, 0.717) is 12.4 Å². The minimum atomic E-state index is -4.18. The predicted octanol–water partition coefficient (Wildman–Crippen LogP) is 1.41. The Kier molecular flexibility index (Phi) is 7.68. The lowest BCUT2D eigenvalue weighted by Gasteiger charge is -2.42. The average Bonchev–Trinajstić information content (AvgIpc) is 2.78. The van der Waals surface area contributed by atoms with Gasteiger partial charge in [-0.2, -0.15) is 8.61 Å². The number of hydrogen-bond donors (Lipinski definition) is 2. The Hall–Kier alpha value is -2.51. The van der Waals surface area contributed by atoms with Crippen LogP contribution >= 0.6 is 0 Å². The van der Waals surface area contributed by atoms with Gasteiger partial charge in [0.05, 0.1) is 11.2 Å². The van der Waals surface area contributed by atoms with E-state index < -0.39 is 38.0 Å². The number of nitrogens with one attached hydrogen (secondary N) is 1. The highest BCUT2D eigenvalue weighted by molar-refractivity contribution is 7.89. The molecule has 1 heterocycles. The summed E-state index contributed by atoms with van der Waals surface area (Å²) in [6, 6.07) is 9.36. The van der Waals surface area contributed by atoms with Crippen LogP contribution in [-0.4, -0.2) is 68.0 Å². The maximum Gasteiger partial charge on any atom is 0.263 e. The smallest absolute Gasteiger partial charge is 0.263 e. The largest absolute Gasteiger partial charge is 0.489 e. The summed E-state index contributed by atoms with van der Waals surface area (Å²) in [5.74, 6) is -0.544. The summed E-state index contributed by atoms with van der Waals surface area (Å²) in [5, 5.41) is 9.17. The van der Waals surface area contributed by atoms with Crippen LogP contribution in [0.2, 0.25) is 0 Å². The third kappa shape index (κ3) is 5.41. The monoisotopic (exact) mass is 511 g/mol. The van der Waals surface area contributed by atoms with Crippen molar-refractivity contribution in [3.05, 3.63) is 59.2 Å². The van der Waals surface area contributed by atoms with Crippen molar-refractivity contribution in [1.29, 1.82) is 0 Å². The molecular formula is C22H29N3O7S2. The number of aryl methyl sites for hydroxylation is 2. The van der Waals surface area contributed by atoms with Crippen molar-refractivity contribution in [3.63, 3.8) is 0 Å². The molecule has 1 fully saturated rings. The van der Waals surface area contributed by atoms with Crippen molar-refractivity contribution in [2.45, 2.75) is 44.4 Å². The third-order valence-corrected chi connectivity index (χ3v) is 9.16. The van der Waals surface area contributed by atoms with Crippen molar-refractivity contribution in [1.82, 2.24) is 14.1 Å². The zero-order valence-electron chi connectivity index (χ0n) is 19.4. The van der Waals surface area contributed by atoms with E-state index in [4.69, 9.17) is 9.94 Å². The fourth-order valence-electron chi connectivity index (χ4n) is 4.05. The molecule has 2 aromatic rings. The standard InChI is InChI=1S/C22H29N3O7S2/c1-15-5-6-16(2)18(13-15)14-32-19-7-9-20(10-8-19)34(30,31)25-12-11-24(33(4,28)29)17(3)21(25)22(26)23-27/h5-10,13,17,21,27H,11-12,14H2,1-4H3,(H,23,26). The molecule has 2 atom stereocenters. The van der Waals surface area contributed by atoms with Crippen molar-refractivity contribution in [3.8, 4) is 5.75 Å². The van der Waals surface area contributed by atoms with Crippen LogP contribution in [0.25, 0.3) is 0 Å². The molecule has 0 aliphatic carbocycles. The highest BCUT2D eigenvalue weighted by Crippen LogP contribution is 2.28. The summed E-state index contributed by atoms with van der Waals surface area (Å²) < 4.78 is 58.6. The van der Waals surface area contributed by atoms with Crippen LogP contribution in [0.5, 0.6) is 5.75 Å². The summed E-state index contributed by atoms with van der Waals surface area (Å²) in [5.41, 5.74) is 4.67. The number of benzene rings is 2. The van der Waals surface area contributed by atoms with Gasteiger partial charge in [0, 0.05) is 19.1 Å². The quantitative estimate of drug-likeness (QED) is 0.424. The van der Waals surface area contributed by atoms with E-state index in [1.165, 1.54) is 36.7 Å². The summed E-state index contributed by atoms with van der Waals surface area (Å²) in [7, 11) is -7.87. The number of amides is 1. The summed E-state index contributed by atoms with van der Waals surface area (Å²) >= 11 is 0. The van der Waals surface area contributed by atoms with Crippen molar-refractivity contribution >= 4 is 26.0 Å². The van der Waals surface area contributed by atoms with Crippen LogP contribution in [0.15, 0.2) is 47.4 Å². The minimum Gasteiger partial charge on any atom is -0.489 e. The zero-order chi connectivity index (χ0) is 25.3. The molecule has 2 unspecified atom stereocenters. The molecule has 12 heteroatoms. The fourth-order valence-corrected chi connectivity index (χ4v) is 6.83. The molecule has 2 aromatic carbocycles. The number of piperazine rings is 1. The number of hydrogen-bond acceptors (Lipinski definition) is 7. The molecule has 1 aliphatic rings. The Morgan fingerprint density at radius 1 is 1.06 bits per heavy atom. The SMILES string of the molecule is Cc1ccc(C)c(COc2ccc(S(=O)(=O)N3CCN(S(C)(=O)=O)C(C)C3C(=O)NO)cc2)c1. The second-order valence-electron chi connectivity index (χ2n) is 8.34. The Balaban J connectivity index is 1.83. The Bertz CT molecular complexity index is 1260. The lowest BCUT2D eigenvalue weighted by Crippen LogP contribution is -2.65. The van der Waals surface area contributed by atoms with E-state index in [1.807, 2.05) is 32.0 Å². The molecule has 2 N–H and O–H groups in total. The first kappa shape index (κ1) is 26.1. The van der Waals surface area contributed by atoms with Gasteiger partial charge in [0.1, 0.15) is 18.4 Å². The molecule has 0 aromatic heterocycles. The van der Waals surface area contributed by atoms with Gasteiger partial charge in [-0.3, -0.25) is 10.0 Å². The predicted molar refractivity (Wildman–Crippen MR) is 125 cm³/mol. The van der Waals surface area contributed by atoms with E-state index in [1.54, 1.807) is 0 Å². The second-order valence-corrected chi connectivity index (χ2v) is 12.2. The highest BCUT2D eigenvalue weighted by atomic mass is 32.2. The van der Waals surface area contributed by atoms with E-state index in [2.05, 4.69) is 0 Å². The Labute approximate surface area is 200 Å². The molecule has 34 heavy (non-hydrogen) atoms. The molecule has 1 amide bonds. The first-order valence-corrected chi connectivity index (χ1v) is 13.9. The molecule has 1 aliphatic heterocycles. The lowest BCUT2D eigenvalue weighted by molar-refractivity contribution is -0.135. The Morgan fingerprint density at radius 2 is 1.68 bits per heavy atom. The summed E-state index contributed by atoms with van der Waals surface area (Å²) in [4.78, 5) is 12.3. The normalized spacial score (nSPS) is 20.1. The molecular weight excluding hydrogens is 482 g/mol. The minimum absolute atomic E-state index is 0.0812. The van der Waals surface area contributed by atoms with Gasteiger partial charge < -0.3 is 4.74 Å². The van der Waals surface area contributed by atoms with Crippen LogP contribution < -0.4 is 10.2 Å². The first-order chi connectivity index (χ1) is 15.9. The van der Waals surface area contributed by atoms with Crippen molar-refractivity contribution in [2.24, 2.45) is 0 Å². The molecule has 0 saturated carbocycles. The first-order valence-electron chi connectivity index (χ1n) is 10.6. The maximum absolute atomic E-state index is 13.3. The number of hydroxylamine groups is 1. The van der Waals surface area contributed by atoms with Gasteiger partial charge in [-0.05, 0) is 56.2 Å². The van der Waals surface area contributed by atoms with Crippen LogP contribution in [0.3, 0.4) is 0 Å². The van der Waals surface area contributed by atoms with Gasteiger partial charge in [-0.15, -0.1) is 0 Å². The average molecular weight is 512 g/mol. The summed E-state index contributed by atoms with van der Waals surface area (Å²) in [6.07, 6.45) is 0.985. The lowest BCUT2D eigenvalue weighted by atomic mass is 10.1. The molecule has 0 spiro atoms. The summed E-state index contributed by atoms with van der Waals surface area (Å²) in [6.45, 7) is 5.35. The van der Waals surface area contributed by atoms with Crippen LogP contribution in [0, 0.1) is 13.8 Å². The fraction of sp³-hybridized carbons (Fsp3) is 0.409. The number of carbonyl (C=O) groups excluding carboxylic acids is 1. The third-order valence-electron chi connectivity index (χ3n) is 5.90. The van der Waals surface area contributed by atoms with Gasteiger partial charge in [0.25, 0.3) is 5.91 Å².